The van der Waals surface area contributed by atoms with E-state index >= 15 is 0 Å². The number of nitrogens with zero attached hydrogens (tertiary/aromatic N) is 2. The van der Waals surface area contributed by atoms with Crippen LogP contribution in [0.4, 0.5) is 0 Å². The lowest BCUT2D eigenvalue weighted by atomic mass is 10.1. The molecule has 0 radical (unpaired) electrons. The number of benzene rings is 2. The highest BCUT2D eigenvalue weighted by atomic mass is 16.5. The number of hydrazone groups is 1. The average molecular weight is 354 g/mol. The Labute approximate surface area is 155 Å². The molecule has 1 fully saturated rings. The lowest BCUT2D eigenvalue weighted by Gasteiger charge is -2.30. The molecule has 2 aromatic rings. The zero-order valence-corrected chi connectivity index (χ0v) is 15.9. The van der Waals surface area contributed by atoms with Crippen molar-refractivity contribution in [1.29, 1.82) is 0 Å². The molecule has 138 valence electrons. The normalized spacial score (nSPS) is 15.4. The number of quaternary nitrogens is 1. The summed E-state index contributed by atoms with van der Waals surface area (Å²) in [5.74, 6) is 1.46. The highest BCUT2D eigenvalue weighted by Gasteiger charge is 2.18. The molecule has 1 N–H and O–H groups in total. The molecule has 3 rings (SSSR count). The maximum Gasteiger partial charge on any atom is 0.161 e. The minimum absolute atomic E-state index is 0.726. The summed E-state index contributed by atoms with van der Waals surface area (Å²) in [6.45, 7) is 7.39. The van der Waals surface area contributed by atoms with Crippen molar-refractivity contribution >= 4 is 6.21 Å². The molecule has 0 spiro atoms. The fourth-order valence-corrected chi connectivity index (χ4v) is 3.18. The quantitative estimate of drug-likeness (QED) is 0.804. The van der Waals surface area contributed by atoms with E-state index in [1.165, 1.54) is 11.1 Å². The van der Waals surface area contributed by atoms with E-state index in [-0.39, 0.29) is 0 Å². The summed E-state index contributed by atoms with van der Waals surface area (Å²) >= 11 is 0. The van der Waals surface area contributed by atoms with Gasteiger partial charge in [-0.3, -0.25) is 5.01 Å². The third-order valence-corrected chi connectivity index (χ3v) is 4.80. The number of ether oxygens (including phenoxy) is 2. The van der Waals surface area contributed by atoms with Gasteiger partial charge in [0, 0.05) is 5.56 Å². The molecule has 2 aromatic carbocycles. The summed E-state index contributed by atoms with van der Waals surface area (Å²) in [5.41, 5.74) is 3.74. The van der Waals surface area contributed by atoms with Crippen molar-refractivity contribution in [3.8, 4) is 11.5 Å². The fraction of sp³-hybridized carbons (Fsp3) is 0.381. The number of aryl methyl sites for hydroxylation is 1. The third-order valence-electron chi connectivity index (χ3n) is 4.80. The van der Waals surface area contributed by atoms with Gasteiger partial charge in [0.1, 0.15) is 6.54 Å². The first-order valence-electron chi connectivity index (χ1n) is 9.08. The minimum atomic E-state index is 0.726. The van der Waals surface area contributed by atoms with Gasteiger partial charge in [0.05, 0.1) is 46.6 Å². The first kappa shape index (κ1) is 18.3. The van der Waals surface area contributed by atoms with Gasteiger partial charge >= 0.3 is 0 Å². The average Bonchev–Trinajstić information content (AvgIpc) is 2.69. The van der Waals surface area contributed by atoms with Crippen molar-refractivity contribution in [2.75, 3.05) is 40.4 Å². The number of hydrogen-bond donors (Lipinski definition) is 1. The lowest BCUT2D eigenvalue weighted by molar-refractivity contribution is -0.918. The number of nitrogens with one attached hydrogen (secondary N) is 1. The predicted molar refractivity (Wildman–Crippen MR) is 104 cm³/mol. The summed E-state index contributed by atoms with van der Waals surface area (Å²) in [6.07, 6.45) is 1.90. The summed E-state index contributed by atoms with van der Waals surface area (Å²) in [7, 11) is 3.29. The fourth-order valence-electron chi connectivity index (χ4n) is 3.18. The second-order valence-corrected chi connectivity index (χ2v) is 6.73. The number of rotatable bonds is 6. The van der Waals surface area contributed by atoms with Gasteiger partial charge < -0.3 is 14.4 Å². The van der Waals surface area contributed by atoms with E-state index in [4.69, 9.17) is 9.47 Å². The van der Waals surface area contributed by atoms with E-state index in [1.54, 1.807) is 19.1 Å². The Kier molecular flexibility index (Phi) is 6.12. The van der Waals surface area contributed by atoms with E-state index in [2.05, 4.69) is 41.3 Å². The molecule has 1 aliphatic rings. The van der Waals surface area contributed by atoms with Crippen LogP contribution in [0.15, 0.2) is 47.6 Å². The summed E-state index contributed by atoms with van der Waals surface area (Å²) in [6, 6.07) is 14.7. The van der Waals surface area contributed by atoms with Crippen LogP contribution < -0.4 is 14.4 Å². The van der Waals surface area contributed by atoms with Crippen LogP contribution >= 0.6 is 0 Å². The van der Waals surface area contributed by atoms with Crippen LogP contribution in [0, 0.1) is 6.92 Å². The van der Waals surface area contributed by atoms with Gasteiger partial charge in [-0.05, 0) is 30.7 Å². The van der Waals surface area contributed by atoms with Gasteiger partial charge in [-0.2, -0.15) is 5.10 Å². The highest BCUT2D eigenvalue weighted by molar-refractivity contribution is 5.80. The van der Waals surface area contributed by atoms with Crippen molar-refractivity contribution in [1.82, 2.24) is 5.01 Å². The molecule has 1 aliphatic heterocycles. The van der Waals surface area contributed by atoms with Crippen molar-refractivity contribution in [3.05, 3.63) is 59.2 Å². The Balaban J connectivity index is 1.52. The van der Waals surface area contributed by atoms with Crippen molar-refractivity contribution < 1.29 is 14.4 Å². The maximum atomic E-state index is 5.34. The zero-order valence-electron chi connectivity index (χ0n) is 15.9. The summed E-state index contributed by atoms with van der Waals surface area (Å²) in [5, 5.41) is 6.78. The molecule has 0 aromatic heterocycles. The monoisotopic (exact) mass is 354 g/mol. The van der Waals surface area contributed by atoms with Crippen molar-refractivity contribution in [3.63, 3.8) is 0 Å². The van der Waals surface area contributed by atoms with Crippen LogP contribution in [0.5, 0.6) is 11.5 Å². The molecule has 0 atom stereocenters. The smallest absolute Gasteiger partial charge is 0.161 e. The van der Waals surface area contributed by atoms with Crippen LogP contribution in [-0.2, 0) is 6.54 Å². The number of methoxy groups -OCH3 is 2. The van der Waals surface area contributed by atoms with Gasteiger partial charge in [-0.25, -0.2) is 0 Å². The molecule has 0 unspecified atom stereocenters. The Bertz CT molecular complexity index is 735. The second-order valence-electron chi connectivity index (χ2n) is 6.73. The van der Waals surface area contributed by atoms with Crippen LogP contribution in [0.3, 0.4) is 0 Å². The molecule has 1 saturated heterocycles. The molecular weight excluding hydrogens is 326 g/mol. The molecule has 26 heavy (non-hydrogen) atoms. The molecule has 5 nitrogen and oxygen atoms in total. The van der Waals surface area contributed by atoms with Gasteiger partial charge in [-0.15, -0.1) is 0 Å². The first-order valence-corrected chi connectivity index (χ1v) is 9.08. The Hall–Kier alpha value is -2.53. The predicted octanol–water partition coefficient (Wildman–Crippen LogP) is 1.75. The molecule has 5 heteroatoms. The van der Waals surface area contributed by atoms with Crippen LogP contribution in [0.1, 0.15) is 16.7 Å². The van der Waals surface area contributed by atoms with E-state index in [9.17, 15) is 0 Å². The van der Waals surface area contributed by atoms with E-state index in [0.29, 0.717) is 0 Å². The van der Waals surface area contributed by atoms with Crippen molar-refractivity contribution in [2.24, 2.45) is 5.10 Å². The van der Waals surface area contributed by atoms with E-state index < -0.39 is 0 Å². The largest absolute Gasteiger partial charge is 0.493 e. The van der Waals surface area contributed by atoms with Gasteiger partial charge in [0.15, 0.2) is 11.5 Å². The van der Waals surface area contributed by atoms with Crippen LogP contribution in [0.25, 0.3) is 0 Å². The Morgan fingerprint density at radius 1 is 1.00 bits per heavy atom. The molecule has 0 saturated carbocycles. The van der Waals surface area contributed by atoms with Gasteiger partial charge in [0.2, 0.25) is 0 Å². The number of hydrogen-bond acceptors (Lipinski definition) is 4. The Morgan fingerprint density at radius 2 is 1.69 bits per heavy atom. The molecule has 1 heterocycles. The number of piperazine rings is 1. The minimum Gasteiger partial charge on any atom is -0.493 e. The summed E-state index contributed by atoms with van der Waals surface area (Å²) < 4.78 is 10.6. The second kappa shape index (κ2) is 8.72. The van der Waals surface area contributed by atoms with Gasteiger partial charge in [0.25, 0.3) is 0 Å². The van der Waals surface area contributed by atoms with Crippen molar-refractivity contribution in [2.45, 2.75) is 13.5 Å². The summed E-state index contributed by atoms with van der Waals surface area (Å²) in [4.78, 5) is 1.62. The van der Waals surface area contributed by atoms with E-state index in [0.717, 1.165) is 49.8 Å². The molecule has 0 amide bonds. The molecule has 0 aliphatic carbocycles. The van der Waals surface area contributed by atoms with Gasteiger partial charge in [-0.1, -0.05) is 29.8 Å². The first-order chi connectivity index (χ1) is 12.7. The third kappa shape index (κ3) is 4.76. The topological polar surface area (TPSA) is 38.5 Å². The highest BCUT2D eigenvalue weighted by Crippen LogP contribution is 2.26. The zero-order chi connectivity index (χ0) is 18.4. The van der Waals surface area contributed by atoms with Crippen LogP contribution in [-0.4, -0.2) is 51.6 Å². The Morgan fingerprint density at radius 3 is 2.35 bits per heavy atom. The molecular formula is C21H28N3O2+. The standard InChI is InChI=1S/C21H27N3O2/c1-17-4-6-18(7-5-17)16-23-10-12-24(13-11-23)22-15-19-8-9-20(25-2)21(14-19)26-3/h4-9,14-15H,10-13,16H2,1-3H3/p+1/b22-15+. The maximum absolute atomic E-state index is 5.34. The van der Waals surface area contributed by atoms with Crippen LogP contribution in [0.2, 0.25) is 0 Å². The molecule has 0 bridgehead atoms. The van der Waals surface area contributed by atoms with E-state index in [1.807, 2.05) is 24.4 Å². The SMILES string of the molecule is COc1ccc(/C=N/N2CC[NH+](Cc3ccc(C)cc3)CC2)cc1OC. The lowest BCUT2D eigenvalue weighted by Crippen LogP contribution is -3.13.